The zero-order chi connectivity index (χ0) is 16.8. The van der Waals surface area contributed by atoms with Gasteiger partial charge >= 0.3 is 0 Å². The van der Waals surface area contributed by atoms with Crippen molar-refractivity contribution in [2.45, 2.75) is 6.42 Å². The Morgan fingerprint density at radius 3 is 2.78 bits per heavy atom. The minimum atomic E-state index is -0.566. The number of hydrogen-bond donors (Lipinski definition) is 1. The summed E-state index contributed by atoms with van der Waals surface area (Å²) in [5.41, 5.74) is 0.925. The van der Waals surface area contributed by atoms with Gasteiger partial charge in [0.2, 0.25) is 0 Å². The third-order valence-electron chi connectivity index (χ3n) is 3.24. The quantitative estimate of drug-likeness (QED) is 0.649. The van der Waals surface area contributed by atoms with Crippen molar-refractivity contribution < 1.29 is 14.5 Å². The van der Waals surface area contributed by atoms with E-state index in [1.54, 1.807) is 7.11 Å². The number of carbonyl (C=O) groups is 1. The molecule has 0 unspecified atom stereocenters. The number of ether oxygens (including phenoxy) is 1. The van der Waals surface area contributed by atoms with E-state index in [0.29, 0.717) is 13.0 Å². The maximum absolute atomic E-state index is 12.1. The predicted octanol–water partition coefficient (Wildman–Crippen LogP) is 3.23. The van der Waals surface area contributed by atoms with Crippen LogP contribution in [-0.2, 0) is 6.42 Å². The number of amides is 1. The first kappa shape index (κ1) is 16.8. The highest BCUT2D eigenvalue weighted by Crippen LogP contribution is 2.22. The summed E-state index contributed by atoms with van der Waals surface area (Å²) in [6.45, 7) is 0.380. The standard InChI is InChI=1S/C16H15ClN2O4/c1-23-13-4-2-3-11(9-13)7-8-18-16(20)14-10-12(19(21)22)5-6-15(14)17/h2-6,9-10H,7-8H2,1H3,(H,18,20). The fraction of sp³-hybridized carbons (Fsp3) is 0.188. The molecule has 23 heavy (non-hydrogen) atoms. The molecule has 0 spiro atoms. The molecule has 120 valence electrons. The van der Waals surface area contributed by atoms with Gasteiger partial charge in [0.05, 0.1) is 22.6 Å². The van der Waals surface area contributed by atoms with Crippen LogP contribution in [0.15, 0.2) is 42.5 Å². The van der Waals surface area contributed by atoms with Crippen LogP contribution in [0.4, 0.5) is 5.69 Å². The van der Waals surface area contributed by atoms with Crippen LogP contribution in [0, 0.1) is 10.1 Å². The maximum Gasteiger partial charge on any atom is 0.270 e. The van der Waals surface area contributed by atoms with Crippen LogP contribution in [0.5, 0.6) is 5.75 Å². The van der Waals surface area contributed by atoms with Gasteiger partial charge in [-0.15, -0.1) is 0 Å². The van der Waals surface area contributed by atoms with E-state index in [-0.39, 0.29) is 16.3 Å². The molecule has 0 heterocycles. The fourth-order valence-electron chi connectivity index (χ4n) is 2.04. The van der Waals surface area contributed by atoms with E-state index in [0.717, 1.165) is 11.3 Å². The second kappa shape index (κ2) is 7.60. The number of nitrogens with zero attached hydrogens (tertiary/aromatic N) is 1. The van der Waals surface area contributed by atoms with Crippen molar-refractivity contribution >= 4 is 23.2 Å². The molecule has 0 aliphatic heterocycles. The zero-order valence-corrected chi connectivity index (χ0v) is 13.2. The van der Waals surface area contributed by atoms with Crippen LogP contribution >= 0.6 is 11.6 Å². The second-order valence-electron chi connectivity index (χ2n) is 4.78. The van der Waals surface area contributed by atoms with Gasteiger partial charge in [0.25, 0.3) is 11.6 Å². The predicted molar refractivity (Wildman–Crippen MR) is 87.1 cm³/mol. The number of hydrogen-bond acceptors (Lipinski definition) is 4. The summed E-state index contributed by atoms with van der Waals surface area (Å²) in [5, 5.41) is 13.6. The summed E-state index contributed by atoms with van der Waals surface area (Å²) in [4.78, 5) is 22.3. The van der Waals surface area contributed by atoms with Crippen molar-refractivity contribution in [1.29, 1.82) is 0 Å². The first-order chi connectivity index (χ1) is 11.0. The minimum Gasteiger partial charge on any atom is -0.497 e. The van der Waals surface area contributed by atoms with Crippen molar-refractivity contribution in [2.75, 3.05) is 13.7 Å². The average Bonchev–Trinajstić information content (AvgIpc) is 2.55. The van der Waals surface area contributed by atoms with E-state index >= 15 is 0 Å². The molecule has 0 atom stereocenters. The lowest BCUT2D eigenvalue weighted by Gasteiger charge is -2.08. The van der Waals surface area contributed by atoms with Gasteiger partial charge in [-0.1, -0.05) is 23.7 Å². The summed E-state index contributed by atoms with van der Waals surface area (Å²) in [6.07, 6.45) is 0.607. The Hall–Kier alpha value is -2.60. The summed E-state index contributed by atoms with van der Waals surface area (Å²) >= 11 is 5.93. The molecule has 1 N–H and O–H groups in total. The topological polar surface area (TPSA) is 81.5 Å². The van der Waals surface area contributed by atoms with Crippen molar-refractivity contribution in [3.05, 3.63) is 68.7 Å². The number of methoxy groups -OCH3 is 1. The lowest BCUT2D eigenvalue weighted by atomic mass is 10.1. The van der Waals surface area contributed by atoms with Crippen LogP contribution < -0.4 is 10.1 Å². The van der Waals surface area contributed by atoms with Gasteiger partial charge in [-0.05, 0) is 30.2 Å². The SMILES string of the molecule is COc1cccc(CCNC(=O)c2cc([N+](=O)[O-])ccc2Cl)c1. The number of carbonyl (C=O) groups excluding carboxylic acids is 1. The van der Waals surface area contributed by atoms with Gasteiger partial charge in [0.15, 0.2) is 0 Å². The molecule has 1 amide bonds. The van der Waals surface area contributed by atoms with Crippen LogP contribution in [-0.4, -0.2) is 24.5 Å². The highest BCUT2D eigenvalue weighted by molar-refractivity contribution is 6.33. The van der Waals surface area contributed by atoms with Gasteiger partial charge < -0.3 is 10.1 Å². The van der Waals surface area contributed by atoms with Gasteiger partial charge in [-0.3, -0.25) is 14.9 Å². The minimum absolute atomic E-state index is 0.0894. The third-order valence-corrected chi connectivity index (χ3v) is 3.57. The number of non-ortho nitro benzene ring substituents is 1. The van der Waals surface area contributed by atoms with Crippen molar-refractivity contribution in [2.24, 2.45) is 0 Å². The molecule has 0 bridgehead atoms. The first-order valence-electron chi connectivity index (χ1n) is 6.86. The number of nitro benzene ring substituents is 1. The Labute approximate surface area is 138 Å². The van der Waals surface area contributed by atoms with Crippen LogP contribution in [0.3, 0.4) is 0 Å². The monoisotopic (exact) mass is 334 g/mol. The second-order valence-corrected chi connectivity index (χ2v) is 5.19. The summed E-state index contributed by atoms with van der Waals surface area (Å²) in [7, 11) is 1.59. The van der Waals surface area contributed by atoms with E-state index in [4.69, 9.17) is 16.3 Å². The van der Waals surface area contributed by atoms with Gasteiger partial charge in [-0.2, -0.15) is 0 Å². The molecule has 0 saturated carbocycles. The normalized spacial score (nSPS) is 10.2. The number of nitro groups is 1. The molecule has 2 aromatic rings. The highest BCUT2D eigenvalue weighted by atomic mass is 35.5. The number of nitrogens with one attached hydrogen (secondary N) is 1. The van der Waals surface area contributed by atoms with Crippen molar-refractivity contribution in [3.8, 4) is 5.75 Å². The summed E-state index contributed by atoms with van der Waals surface area (Å²) < 4.78 is 5.13. The Balaban J connectivity index is 1.99. The molecule has 0 fully saturated rings. The number of benzene rings is 2. The maximum atomic E-state index is 12.1. The van der Waals surface area contributed by atoms with Crippen LogP contribution in [0.1, 0.15) is 15.9 Å². The molecule has 0 aliphatic rings. The van der Waals surface area contributed by atoms with Gasteiger partial charge in [0.1, 0.15) is 5.75 Å². The van der Waals surface area contributed by atoms with Gasteiger partial charge in [0, 0.05) is 18.7 Å². The molecule has 0 saturated heterocycles. The largest absolute Gasteiger partial charge is 0.497 e. The van der Waals surface area contributed by atoms with E-state index in [2.05, 4.69) is 5.32 Å². The fourth-order valence-corrected chi connectivity index (χ4v) is 2.25. The van der Waals surface area contributed by atoms with E-state index in [9.17, 15) is 14.9 Å². The highest BCUT2D eigenvalue weighted by Gasteiger charge is 2.15. The number of rotatable bonds is 6. The van der Waals surface area contributed by atoms with Crippen LogP contribution in [0.2, 0.25) is 5.02 Å². The smallest absolute Gasteiger partial charge is 0.270 e. The first-order valence-corrected chi connectivity index (χ1v) is 7.24. The third kappa shape index (κ3) is 4.43. The van der Waals surface area contributed by atoms with E-state index < -0.39 is 10.8 Å². The molecule has 7 heteroatoms. The van der Waals surface area contributed by atoms with Gasteiger partial charge in [-0.25, -0.2) is 0 Å². The molecule has 0 radical (unpaired) electrons. The van der Waals surface area contributed by atoms with Crippen molar-refractivity contribution in [1.82, 2.24) is 5.32 Å². The lowest BCUT2D eigenvalue weighted by molar-refractivity contribution is -0.384. The Bertz CT molecular complexity index is 734. The molecular weight excluding hydrogens is 320 g/mol. The van der Waals surface area contributed by atoms with Crippen LogP contribution in [0.25, 0.3) is 0 Å². The molecular formula is C16H15ClN2O4. The molecule has 0 aliphatic carbocycles. The zero-order valence-electron chi connectivity index (χ0n) is 12.4. The van der Waals surface area contributed by atoms with E-state index in [1.807, 2.05) is 24.3 Å². The molecule has 6 nitrogen and oxygen atoms in total. The Morgan fingerprint density at radius 1 is 1.30 bits per heavy atom. The Morgan fingerprint density at radius 2 is 2.09 bits per heavy atom. The average molecular weight is 335 g/mol. The van der Waals surface area contributed by atoms with E-state index in [1.165, 1.54) is 18.2 Å². The van der Waals surface area contributed by atoms with Crippen molar-refractivity contribution in [3.63, 3.8) is 0 Å². The summed E-state index contributed by atoms with van der Waals surface area (Å²) in [5.74, 6) is 0.303. The lowest BCUT2D eigenvalue weighted by Crippen LogP contribution is -2.26. The molecule has 0 aromatic heterocycles. The Kier molecular flexibility index (Phi) is 5.54. The molecule has 2 rings (SSSR count). The summed E-state index contributed by atoms with van der Waals surface area (Å²) in [6, 6.07) is 11.3. The molecule has 2 aromatic carbocycles. The number of halogens is 1.